The molecule has 0 N–H and O–H groups in total. The highest BCUT2D eigenvalue weighted by atomic mass is 29.1. The molecule has 0 bridgehead atoms. The Morgan fingerprint density at radius 2 is 1.55 bits per heavy atom. The molecule has 0 saturated heterocycles. The molecule has 0 unspecified atom stereocenters. The van der Waals surface area contributed by atoms with Crippen molar-refractivity contribution in [2.75, 3.05) is 0 Å². The van der Waals surface area contributed by atoms with Gasteiger partial charge < -0.3 is 0 Å². The predicted octanol–water partition coefficient (Wildman–Crippen LogP) is 1.02. The van der Waals surface area contributed by atoms with Crippen LogP contribution < -0.4 is 5.19 Å². The first-order valence-electron chi connectivity index (χ1n) is 3.65. The summed E-state index contributed by atoms with van der Waals surface area (Å²) in [5, 5.41) is 1.45. The van der Waals surface area contributed by atoms with Crippen molar-refractivity contribution >= 4 is 24.0 Å². The zero-order valence-electron chi connectivity index (χ0n) is 7.15. The van der Waals surface area contributed by atoms with Crippen molar-refractivity contribution in [1.29, 1.82) is 0 Å². The summed E-state index contributed by atoms with van der Waals surface area (Å²) in [5.74, 6) is 0. The summed E-state index contributed by atoms with van der Waals surface area (Å²) in [7, 11) is 4.29. The zero-order chi connectivity index (χ0) is 8.43. The Bertz CT molecular complexity index is 243. The van der Waals surface area contributed by atoms with Gasteiger partial charge in [0.15, 0.2) is 0 Å². The van der Waals surface area contributed by atoms with Crippen molar-refractivity contribution < 1.29 is 0 Å². The van der Waals surface area contributed by atoms with E-state index in [0.29, 0.717) is 0 Å². The summed E-state index contributed by atoms with van der Waals surface area (Å²) in [6, 6.07) is 4.46. The van der Waals surface area contributed by atoms with Gasteiger partial charge in [-0.2, -0.15) is 0 Å². The van der Waals surface area contributed by atoms with Crippen LogP contribution in [0.4, 0.5) is 0 Å². The number of rotatable bonds is 1. The number of aryl methyl sites for hydroxylation is 3. The Labute approximate surface area is 74.1 Å². The molecule has 11 heavy (non-hydrogen) atoms. The monoisotopic (exact) mass is 175 g/mol. The SMILES string of the molecule is Cc1cc(C)c([Si][Si])c(C)c1. The maximum atomic E-state index is 3.56. The van der Waals surface area contributed by atoms with Crippen LogP contribution in [0.2, 0.25) is 0 Å². The summed E-state index contributed by atoms with van der Waals surface area (Å²) >= 11 is 0. The zero-order valence-corrected chi connectivity index (χ0v) is 9.15. The average molecular weight is 175 g/mol. The van der Waals surface area contributed by atoms with Crippen LogP contribution in [0.15, 0.2) is 12.1 Å². The normalized spacial score (nSPS) is 10.2. The molecule has 0 saturated carbocycles. The minimum Gasteiger partial charge on any atom is -0.0624 e. The molecule has 0 amide bonds. The van der Waals surface area contributed by atoms with Crippen LogP contribution in [0.5, 0.6) is 0 Å². The van der Waals surface area contributed by atoms with Crippen LogP contribution >= 0.6 is 0 Å². The van der Waals surface area contributed by atoms with Crippen LogP contribution in [0.25, 0.3) is 0 Å². The van der Waals surface area contributed by atoms with Crippen molar-refractivity contribution in [3.8, 4) is 0 Å². The summed E-state index contributed by atoms with van der Waals surface area (Å²) in [5.41, 5.74) is 4.15. The van der Waals surface area contributed by atoms with Gasteiger partial charge in [0, 0.05) is 9.76 Å². The third-order valence-electron chi connectivity index (χ3n) is 1.80. The van der Waals surface area contributed by atoms with Crippen molar-refractivity contribution in [3.05, 3.63) is 28.8 Å². The van der Waals surface area contributed by atoms with Crippen molar-refractivity contribution in [1.82, 2.24) is 0 Å². The summed E-state index contributed by atoms with van der Waals surface area (Å²) in [6.45, 7) is 6.48. The molecular weight excluding hydrogens is 164 g/mol. The topological polar surface area (TPSA) is 0 Å². The molecule has 0 fully saturated rings. The Balaban J connectivity index is 3.25. The van der Waals surface area contributed by atoms with E-state index in [0.717, 1.165) is 9.04 Å². The van der Waals surface area contributed by atoms with E-state index in [4.69, 9.17) is 0 Å². The minimum absolute atomic E-state index is 0.730. The average Bonchev–Trinajstić information content (AvgIpc) is 1.85. The lowest BCUT2D eigenvalue weighted by atomic mass is 10.1. The second kappa shape index (κ2) is 3.37. The van der Waals surface area contributed by atoms with Crippen molar-refractivity contribution in [3.63, 3.8) is 0 Å². The lowest BCUT2D eigenvalue weighted by Crippen LogP contribution is -2.21. The van der Waals surface area contributed by atoms with Crippen molar-refractivity contribution in [2.45, 2.75) is 20.8 Å². The smallest absolute Gasteiger partial charge is 0.0611 e. The molecule has 1 aromatic carbocycles. The third kappa shape index (κ3) is 1.81. The molecule has 0 aliphatic carbocycles. The van der Waals surface area contributed by atoms with E-state index in [1.165, 1.54) is 21.9 Å². The quantitative estimate of drug-likeness (QED) is 0.559. The van der Waals surface area contributed by atoms with Gasteiger partial charge in [0.25, 0.3) is 0 Å². The van der Waals surface area contributed by atoms with Gasteiger partial charge in [0.05, 0.1) is 9.04 Å². The predicted molar refractivity (Wildman–Crippen MR) is 51.8 cm³/mol. The summed E-state index contributed by atoms with van der Waals surface area (Å²) in [4.78, 5) is 0. The van der Waals surface area contributed by atoms with Crippen LogP contribution in [-0.4, -0.2) is 18.8 Å². The van der Waals surface area contributed by atoms with Gasteiger partial charge in [-0.1, -0.05) is 34.0 Å². The lowest BCUT2D eigenvalue weighted by molar-refractivity contribution is 1.35. The van der Waals surface area contributed by atoms with Gasteiger partial charge in [-0.25, -0.2) is 0 Å². The third-order valence-corrected chi connectivity index (χ3v) is 3.59. The Kier molecular flexibility index (Phi) is 2.68. The van der Waals surface area contributed by atoms with Crippen molar-refractivity contribution in [2.24, 2.45) is 0 Å². The van der Waals surface area contributed by atoms with E-state index in [9.17, 15) is 0 Å². The first-order valence-corrected chi connectivity index (χ1v) is 6.15. The van der Waals surface area contributed by atoms with Gasteiger partial charge >= 0.3 is 0 Å². The first kappa shape index (κ1) is 8.75. The Morgan fingerprint density at radius 3 is 1.91 bits per heavy atom. The molecule has 0 atom stereocenters. The van der Waals surface area contributed by atoms with E-state index < -0.39 is 0 Å². The fourth-order valence-corrected chi connectivity index (χ4v) is 3.10. The molecule has 0 heterocycles. The van der Waals surface area contributed by atoms with Gasteiger partial charge in [-0.15, -0.1) is 0 Å². The Hall–Kier alpha value is -0.346. The molecule has 0 aliphatic rings. The molecule has 55 valence electrons. The second-order valence-corrected chi connectivity index (χ2v) is 4.40. The van der Waals surface area contributed by atoms with Gasteiger partial charge in [-0.3, -0.25) is 0 Å². The molecule has 0 spiro atoms. The highest BCUT2D eigenvalue weighted by Gasteiger charge is 2.00. The van der Waals surface area contributed by atoms with Crippen LogP contribution in [0, 0.1) is 20.8 Å². The maximum Gasteiger partial charge on any atom is 0.0611 e. The standard InChI is InChI=1S/C9H11Si2/c1-6-4-7(2)9(11-10)8(3)5-6/h4-5H,1-3H3. The fraction of sp³-hybridized carbons (Fsp3) is 0.333. The molecule has 0 aliphatic heterocycles. The second-order valence-electron chi connectivity index (χ2n) is 2.90. The fourth-order valence-electron chi connectivity index (χ4n) is 1.38. The molecule has 0 aromatic heterocycles. The van der Waals surface area contributed by atoms with Crippen LogP contribution in [-0.2, 0) is 0 Å². The number of hydrogen-bond donors (Lipinski definition) is 0. The molecule has 1 aromatic rings. The first-order chi connectivity index (χ1) is 5.15. The maximum absolute atomic E-state index is 3.56. The molecule has 2 heteroatoms. The molecule has 1 rings (SSSR count). The molecular formula is C9H11Si2. The van der Waals surface area contributed by atoms with E-state index in [-0.39, 0.29) is 0 Å². The van der Waals surface area contributed by atoms with E-state index in [2.05, 4.69) is 42.7 Å². The van der Waals surface area contributed by atoms with Gasteiger partial charge in [0.1, 0.15) is 0 Å². The number of benzene rings is 1. The summed E-state index contributed by atoms with van der Waals surface area (Å²) < 4.78 is 0. The largest absolute Gasteiger partial charge is 0.0624 e. The number of hydrogen-bond acceptors (Lipinski definition) is 0. The summed E-state index contributed by atoms with van der Waals surface area (Å²) in [6.07, 6.45) is 0. The van der Waals surface area contributed by atoms with E-state index in [1.807, 2.05) is 0 Å². The minimum atomic E-state index is 0.730. The van der Waals surface area contributed by atoms with Crippen LogP contribution in [0.3, 0.4) is 0 Å². The highest BCUT2D eigenvalue weighted by molar-refractivity contribution is 6.98. The van der Waals surface area contributed by atoms with E-state index >= 15 is 0 Å². The lowest BCUT2D eigenvalue weighted by Gasteiger charge is -2.07. The van der Waals surface area contributed by atoms with Crippen LogP contribution in [0.1, 0.15) is 16.7 Å². The van der Waals surface area contributed by atoms with Gasteiger partial charge in [0.2, 0.25) is 0 Å². The Morgan fingerprint density at radius 1 is 1.09 bits per heavy atom. The van der Waals surface area contributed by atoms with E-state index in [1.54, 1.807) is 0 Å². The molecule has 5 radical (unpaired) electrons. The highest BCUT2D eigenvalue weighted by Crippen LogP contribution is 2.04. The molecule has 0 nitrogen and oxygen atoms in total. The van der Waals surface area contributed by atoms with Gasteiger partial charge in [-0.05, 0) is 20.8 Å².